The largest absolute Gasteiger partial charge is 0.497 e. The minimum absolute atomic E-state index is 0.0204. The van der Waals surface area contributed by atoms with Gasteiger partial charge in [0.1, 0.15) is 5.75 Å². The molecule has 1 rings (SSSR count). The second kappa shape index (κ2) is 6.09. The fourth-order valence-corrected chi connectivity index (χ4v) is 1.14. The van der Waals surface area contributed by atoms with Gasteiger partial charge in [-0.15, -0.1) is 0 Å². The number of carbonyl (C=O) groups excluding carboxylic acids is 1. The molecule has 0 saturated carbocycles. The molecule has 0 aliphatic heterocycles. The van der Waals surface area contributed by atoms with Crippen LogP contribution >= 0.6 is 0 Å². The van der Waals surface area contributed by atoms with Crippen LogP contribution < -0.4 is 10.1 Å². The van der Waals surface area contributed by atoms with E-state index in [-0.39, 0.29) is 19.1 Å². The standard InChI is InChI=1S/C11H15NO4/c1-16-10-4-2-3-8(5-10)11(15)12-6-9(14)7-13/h2-5,9,13-14H,6-7H2,1H3,(H,12,15). The zero-order chi connectivity index (χ0) is 12.0. The lowest BCUT2D eigenvalue weighted by molar-refractivity contribution is 0.0802. The molecule has 0 aromatic heterocycles. The van der Waals surface area contributed by atoms with E-state index in [0.717, 1.165) is 0 Å². The van der Waals surface area contributed by atoms with Crippen molar-refractivity contribution >= 4 is 5.91 Å². The molecule has 1 aromatic rings. The van der Waals surface area contributed by atoms with Crippen molar-refractivity contribution < 1.29 is 19.7 Å². The van der Waals surface area contributed by atoms with Crippen molar-refractivity contribution in [2.45, 2.75) is 6.10 Å². The van der Waals surface area contributed by atoms with E-state index in [1.54, 1.807) is 24.3 Å². The second-order valence-electron chi connectivity index (χ2n) is 3.28. The predicted molar refractivity (Wildman–Crippen MR) is 58.4 cm³/mol. The van der Waals surface area contributed by atoms with Gasteiger partial charge in [-0.25, -0.2) is 0 Å². The SMILES string of the molecule is COc1cccc(C(=O)NCC(O)CO)c1. The molecule has 0 aliphatic carbocycles. The van der Waals surface area contributed by atoms with E-state index in [1.165, 1.54) is 7.11 Å². The normalized spacial score (nSPS) is 11.9. The van der Waals surface area contributed by atoms with E-state index in [1.807, 2.05) is 0 Å². The number of hydrogen-bond donors (Lipinski definition) is 3. The molecule has 16 heavy (non-hydrogen) atoms. The van der Waals surface area contributed by atoms with Crippen molar-refractivity contribution in [2.75, 3.05) is 20.3 Å². The molecule has 0 saturated heterocycles. The Morgan fingerprint density at radius 2 is 2.31 bits per heavy atom. The quantitative estimate of drug-likeness (QED) is 0.647. The van der Waals surface area contributed by atoms with Crippen molar-refractivity contribution in [1.29, 1.82) is 0 Å². The Kier molecular flexibility index (Phi) is 4.75. The zero-order valence-electron chi connectivity index (χ0n) is 9.01. The molecule has 0 aliphatic rings. The summed E-state index contributed by atoms with van der Waals surface area (Å²) in [4.78, 5) is 11.6. The van der Waals surface area contributed by atoms with E-state index in [2.05, 4.69) is 5.32 Å². The summed E-state index contributed by atoms with van der Waals surface area (Å²) in [6.07, 6.45) is -0.936. The van der Waals surface area contributed by atoms with Gasteiger partial charge in [-0.1, -0.05) is 6.07 Å². The lowest BCUT2D eigenvalue weighted by atomic mass is 10.2. The average Bonchev–Trinajstić information content (AvgIpc) is 2.35. The van der Waals surface area contributed by atoms with Gasteiger partial charge in [0.2, 0.25) is 0 Å². The first kappa shape index (κ1) is 12.5. The van der Waals surface area contributed by atoms with Gasteiger partial charge >= 0.3 is 0 Å². The van der Waals surface area contributed by atoms with Crippen LogP contribution in [0.2, 0.25) is 0 Å². The number of carbonyl (C=O) groups is 1. The van der Waals surface area contributed by atoms with Gasteiger partial charge in [-0.05, 0) is 18.2 Å². The summed E-state index contributed by atoms with van der Waals surface area (Å²) >= 11 is 0. The van der Waals surface area contributed by atoms with E-state index in [4.69, 9.17) is 14.9 Å². The van der Waals surface area contributed by atoms with Crippen molar-refractivity contribution in [2.24, 2.45) is 0 Å². The number of aliphatic hydroxyl groups excluding tert-OH is 2. The minimum Gasteiger partial charge on any atom is -0.497 e. The first-order valence-electron chi connectivity index (χ1n) is 4.88. The molecule has 88 valence electrons. The maximum absolute atomic E-state index is 11.6. The molecular weight excluding hydrogens is 210 g/mol. The highest BCUT2D eigenvalue weighted by atomic mass is 16.5. The van der Waals surface area contributed by atoms with Crippen LogP contribution in [0, 0.1) is 0 Å². The summed E-state index contributed by atoms with van der Waals surface area (Å²) in [6, 6.07) is 6.68. The summed E-state index contributed by atoms with van der Waals surface area (Å²) in [5, 5.41) is 20.1. The lowest BCUT2D eigenvalue weighted by Crippen LogP contribution is -2.33. The van der Waals surface area contributed by atoms with Gasteiger partial charge in [0.25, 0.3) is 5.91 Å². The third-order valence-corrected chi connectivity index (χ3v) is 2.04. The summed E-state index contributed by atoms with van der Waals surface area (Å²) in [5.41, 5.74) is 0.449. The molecule has 0 heterocycles. The van der Waals surface area contributed by atoms with Crippen molar-refractivity contribution in [3.8, 4) is 5.75 Å². The average molecular weight is 225 g/mol. The summed E-state index contributed by atoms with van der Waals surface area (Å²) in [7, 11) is 1.52. The number of methoxy groups -OCH3 is 1. The molecule has 0 bridgehead atoms. The number of benzene rings is 1. The van der Waals surface area contributed by atoms with Crippen LogP contribution in [0.15, 0.2) is 24.3 Å². The highest BCUT2D eigenvalue weighted by molar-refractivity contribution is 5.94. The molecule has 0 spiro atoms. The van der Waals surface area contributed by atoms with Crippen LogP contribution in [0.1, 0.15) is 10.4 Å². The molecule has 1 aromatic carbocycles. The highest BCUT2D eigenvalue weighted by Gasteiger charge is 2.08. The van der Waals surface area contributed by atoms with Gasteiger partial charge in [0.15, 0.2) is 0 Å². The highest BCUT2D eigenvalue weighted by Crippen LogP contribution is 2.12. The minimum atomic E-state index is -0.936. The molecular formula is C11H15NO4. The van der Waals surface area contributed by atoms with Gasteiger partial charge in [0, 0.05) is 12.1 Å². The molecule has 5 nitrogen and oxygen atoms in total. The third kappa shape index (κ3) is 3.52. The fourth-order valence-electron chi connectivity index (χ4n) is 1.14. The summed E-state index contributed by atoms with van der Waals surface area (Å²) < 4.78 is 4.98. The smallest absolute Gasteiger partial charge is 0.251 e. The van der Waals surface area contributed by atoms with E-state index in [0.29, 0.717) is 11.3 Å². The Labute approximate surface area is 93.7 Å². The van der Waals surface area contributed by atoms with Crippen molar-refractivity contribution in [3.63, 3.8) is 0 Å². The molecule has 0 fully saturated rings. The van der Waals surface area contributed by atoms with Crippen LogP contribution in [0.25, 0.3) is 0 Å². The number of ether oxygens (including phenoxy) is 1. The summed E-state index contributed by atoms with van der Waals surface area (Å²) in [6.45, 7) is -0.356. The molecule has 0 radical (unpaired) electrons. The Bertz CT molecular complexity index is 354. The number of amides is 1. The monoisotopic (exact) mass is 225 g/mol. The first-order valence-corrected chi connectivity index (χ1v) is 4.88. The molecule has 5 heteroatoms. The zero-order valence-corrected chi connectivity index (χ0v) is 9.01. The first-order chi connectivity index (χ1) is 7.67. The lowest BCUT2D eigenvalue weighted by Gasteiger charge is -2.09. The number of hydrogen-bond acceptors (Lipinski definition) is 4. The fraction of sp³-hybridized carbons (Fsp3) is 0.364. The van der Waals surface area contributed by atoms with Crippen molar-refractivity contribution in [1.82, 2.24) is 5.32 Å². The molecule has 1 unspecified atom stereocenters. The van der Waals surface area contributed by atoms with Crippen LogP contribution in [-0.4, -0.2) is 42.5 Å². The Morgan fingerprint density at radius 1 is 1.56 bits per heavy atom. The predicted octanol–water partition coefficient (Wildman–Crippen LogP) is -0.222. The van der Waals surface area contributed by atoms with Crippen LogP contribution in [0.5, 0.6) is 5.75 Å². The molecule has 1 amide bonds. The van der Waals surface area contributed by atoms with Crippen LogP contribution in [0.3, 0.4) is 0 Å². The third-order valence-electron chi connectivity index (χ3n) is 2.04. The van der Waals surface area contributed by atoms with E-state index in [9.17, 15) is 4.79 Å². The second-order valence-corrected chi connectivity index (χ2v) is 3.28. The maximum atomic E-state index is 11.6. The number of rotatable bonds is 5. The van der Waals surface area contributed by atoms with E-state index < -0.39 is 6.10 Å². The Morgan fingerprint density at radius 3 is 2.94 bits per heavy atom. The number of nitrogens with one attached hydrogen (secondary N) is 1. The topological polar surface area (TPSA) is 78.8 Å². The van der Waals surface area contributed by atoms with Crippen molar-refractivity contribution in [3.05, 3.63) is 29.8 Å². The Balaban J connectivity index is 2.58. The van der Waals surface area contributed by atoms with Crippen LogP contribution in [-0.2, 0) is 0 Å². The van der Waals surface area contributed by atoms with Crippen LogP contribution in [0.4, 0.5) is 0 Å². The van der Waals surface area contributed by atoms with Gasteiger partial charge in [0.05, 0.1) is 19.8 Å². The summed E-state index contributed by atoms with van der Waals surface area (Å²) in [5.74, 6) is 0.279. The molecule has 1 atom stereocenters. The molecule has 3 N–H and O–H groups in total. The van der Waals surface area contributed by atoms with Gasteiger partial charge in [-0.2, -0.15) is 0 Å². The van der Waals surface area contributed by atoms with E-state index >= 15 is 0 Å². The van der Waals surface area contributed by atoms with Gasteiger partial charge in [-0.3, -0.25) is 4.79 Å². The maximum Gasteiger partial charge on any atom is 0.251 e. The number of aliphatic hydroxyl groups is 2. The van der Waals surface area contributed by atoms with Gasteiger partial charge < -0.3 is 20.3 Å². The Hall–Kier alpha value is -1.59.